The predicted octanol–water partition coefficient (Wildman–Crippen LogP) is 3.40. The molecule has 0 spiro atoms. The zero-order chi connectivity index (χ0) is 19.6. The van der Waals surface area contributed by atoms with E-state index < -0.39 is 0 Å². The van der Waals surface area contributed by atoms with Crippen LogP contribution in [0.25, 0.3) is 0 Å². The van der Waals surface area contributed by atoms with Crippen LogP contribution in [-0.2, 0) is 0 Å². The normalized spacial score (nSPS) is 28.4. The SMILES string of the molecule is C[C@@H]1C[C@@H](c2ccccc2)NCCN[C@H](C)C[C@@H](c2ccccc2)NCCN1. The van der Waals surface area contributed by atoms with Crippen molar-refractivity contribution in [3.05, 3.63) is 71.8 Å². The summed E-state index contributed by atoms with van der Waals surface area (Å²) in [6.45, 7) is 8.48. The smallest absolute Gasteiger partial charge is 0.0335 e. The van der Waals surface area contributed by atoms with Crippen LogP contribution in [0.5, 0.6) is 0 Å². The van der Waals surface area contributed by atoms with Gasteiger partial charge < -0.3 is 21.3 Å². The Morgan fingerprint density at radius 1 is 0.536 bits per heavy atom. The Labute approximate surface area is 170 Å². The predicted molar refractivity (Wildman–Crippen MR) is 119 cm³/mol. The first-order valence-corrected chi connectivity index (χ1v) is 10.8. The molecule has 0 aliphatic carbocycles. The summed E-state index contributed by atoms with van der Waals surface area (Å²) in [5.41, 5.74) is 2.75. The molecule has 0 bridgehead atoms. The molecule has 1 aliphatic rings. The molecule has 0 radical (unpaired) electrons. The Hall–Kier alpha value is -1.72. The topological polar surface area (TPSA) is 48.1 Å². The van der Waals surface area contributed by atoms with E-state index in [9.17, 15) is 0 Å². The summed E-state index contributed by atoms with van der Waals surface area (Å²) < 4.78 is 0. The van der Waals surface area contributed by atoms with Gasteiger partial charge in [0.05, 0.1) is 0 Å². The van der Waals surface area contributed by atoms with Gasteiger partial charge in [0.1, 0.15) is 0 Å². The zero-order valence-electron chi connectivity index (χ0n) is 17.3. The minimum Gasteiger partial charge on any atom is -0.313 e. The van der Waals surface area contributed by atoms with Crippen molar-refractivity contribution >= 4 is 0 Å². The number of benzene rings is 2. The maximum Gasteiger partial charge on any atom is 0.0335 e. The van der Waals surface area contributed by atoms with Crippen molar-refractivity contribution < 1.29 is 0 Å². The van der Waals surface area contributed by atoms with Gasteiger partial charge in [-0.05, 0) is 37.8 Å². The highest BCUT2D eigenvalue weighted by molar-refractivity contribution is 5.20. The van der Waals surface area contributed by atoms with Crippen LogP contribution in [0.2, 0.25) is 0 Å². The molecule has 4 atom stereocenters. The van der Waals surface area contributed by atoms with Crippen LogP contribution < -0.4 is 21.3 Å². The molecule has 4 nitrogen and oxygen atoms in total. The summed E-state index contributed by atoms with van der Waals surface area (Å²) in [4.78, 5) is 0. The lowest BCUT2D eigenvalue weighted by atomic mass is 9.99. The standard InChI is InChI=1S/C24H36N4/c1-19-17-23(21-9-5-3-6-10-21)27-16-14-26-20(2)18-24(28-15-13-25-19)22-11-7-4-8-12-22/h3-12,19-20,23-28H,13-18H2,1-2H3/t19-,20-,23+,24+/m1/s1. The molecular formula is C24H36N4. The van der Waals surface area contributed by atoms with E-state index in [4.69, 9.17) is 0 Å². The Morgan fingerprint density at radius 2 is 0.893 bits per heavy atom. The molecular weight excluding hydrogens is 344 g/mol. The van der Waals surface area contributed by atoms with E-state index in [1.807, 2.05) is 0 Å². The summed E-state index contributed by atoms with van der Waals surface area (Å²) >= 11 is 0. The van der Waals surface area contributed by atoms with E-state index in [0.29, 0.717) is 24.2 Å². The van der Waals surface area contributed by atoms with Crippen LogP contribution in [0, 0.1) is 0 Å². The molecule has 2 aromatic carbocycles. The van der Waals surface area contributed by atoms with E-state index in [1.54, 1.807) is 0 Å². The largest absolute Gasteiger partial charge is 0.313 e. The van der Waals surface area contributed by atoms with E-state index >= 15 is 0 Å². The fourth-order valence-electron chi connectivity index (χ4n) is 4.05. The van der Waals surface area contributed by atoms with Crippen molar-refractivity contribution in [2.75, 3.05) is 26.2 Å². The Balaban J connectivity index is 1.63. The third kappa shape index (κ3) is 6.71. The summed E-state index contributed by atoms with van der Waals surface area (Å²) in [6.07, 6.45) is 2.17. The van der Waals surface area contributed by atoms with Gasteiger partial charge in [-0.1, -0.05) is 60.7 Å². The summed E-state index contributed by atoms with van der Waals surface area (Å²) in [6, 6.07) is 23.3. The lowest BCUT2D eigenvalue weighted by Crippen LogP contribution is -2.42. The second-order valence-corrected chi connectivity index (χ2v) is 8.02. The van der Waals surface area contributed by atoms with Gasteiger partial charge in [-0.3, -0.25) is 0 Å². The average Bonchev–Trinajstić information content (AvgIpc) is 2.73. The Bertz CT molecular complexity index is 601. The fraction of sp³-hybridized carbons (Fsp3) is 0.500. The van der Waals surface area contributed by atoms with Crippen molar-refractivity contribution in [3.8, 4) is 0 Å². The first-order chi connectivity index (χ1) is 13.7. The molecule has 28 heavy (non-hydrogen) atoms. The molecule has 1 aliphatic heterocycles. The molecule has 1 fully saturated rings. The quantitative estimate of drug-likeness (QED) is 0.645. The van der Waals surface area contributed by atoms with Crippen LogP contribution >= 0.6 is 0 Å². The molecule has 0 aromatic heterocycles. The average molecular weight is 381 g/mol. The van der Waals surface area contributed by atoms with Crippen molar-refractivity contribution in [3.63, 3.8) is 0 Å². The van der Waals surface area contributed by atoms with E-state index in [2.05, 4.69) is 95.8 Å². The summed E-state index contributed by atoms with van der Waals surface area (Å²) in [7, 11) is 0. The van der Waals surface area contributed by atoms with Gasteiger partial charge in [0, 0.05) is 50.3 Å². The molecule has 152 valence electrons. The fourth-order valence-corrected chi connectivity index (χ4v) is 4.05. The van der Waals surface area contributed by atoms with Crippen LogP contribution in [0.3, 0.4) is 0 Å². The monoisotopic (exact) mass is 380 g/mol. The van der Waals surface area contributed by atoms with Gasteiger partial charge in [0.2, 0.25) is 0 Å². The third-order valence-corrected chi connectivity index (χ3v) is 5.60. The van der Waals surface area contributed by atoms with Crippen LogP contribution in [0.15, 0.2) is 60.7 Å². The second-order valence-electron chi connectivity index (χ2n) is 8.02. The minimum absolute atomic E-state index is 0.383. The van der Waals surface area contributed by atoms with Gasteiger partial charge in [-0.15, -0.1) is 0 Å². The lowest BCUT2D eigenvalue weighted by Gasteiger charge is -2.27. The lowest BCUT2D eigenvalue weighted by molar-refractivity contribution is 0.371. The summed E-state index contributed by atoms with van der Waals surface area (Å²) in [5, 5.41) is 14.9. The number of hydrogen-bond donors (Lipinski definition) is 4. The second kappa shape index (κ2) is 11.3. The van der Waals surface area contributed by atoms with Gasteiger partial charge in [0.15, 0.2) is 0 Å². The van der Waals surface area contributed by atoms with Gasteiger partial charge >= 0.3 is 0 Å². The highest BCUT2D eigenvalue weighted by atomic mass is 15.0. The van der Waals surface area contributed by atoms with E-state index in [1.165, 1.54) is 11.1 Å². The molecule has 3 rings (SSSR count). The zero-order valence-corrected chi connectivity index (χ0v) is 17.3. The third-order valence-electron chi connectivity index (χ3n) is 5.60. The number of nitrogens with one attached hydrogen (secondary N) is 4. The molecule has 1 heterocycles. The minimum atomic E-state index is 0.383. The maximum absolute atomic E-state index is 3.77. The van der Waals surface area contributed by atoms with Crippen LogP contribution in [0.1, 0.15) is 49.9 Å². The number of hydrogen-bond acceptors (Lipinski definition) is 4. The van der Waals surface area contributed by atoms with Crippen LogP contribution in [-0.4, -0.2) is 38.3 Å². The van der Waals surface area contributed by atoms with E-state index in [-0.39, 0.29) is 0 Å². The summed E-state index contributed by atoms with van der Waals surface area (Å²) in [5.74, 6) is 0. The van der Waals surface area contributed by atoms with E-state index in [0.717, 1.165) is 39.0 Å². The Kier molecular flexibility index (Phi) is 8.49. The van der Waals surface area contributed by atoms with Gasteiger partial charge in [-0.25, -0.2) is 0 Å². The number of rotatable bonds is 2. The molecule has 2 aromatic rings. The molecule has 4 N–H and O–H groups in total. The van der Waals surface area contributed by atoms with Crippen molar-refractivity contribution in [1.29, 1.82) is 0 Å². The molecule has 0 saturated carbocycles. The molecule has 0 unspecified atom stereocenters. The van der Waals surface area contributed by atoms with Crippen molar-refractivity contribution in [2.24, 2.45) is 0 Å². The molecule has 4 heteroatoms. The highest BCUT2D eigenvalue weighted by Crippen LogP contribution is 2.20. The molecule has 0 amide bonds. The molecule has 1 saturated heterocycles. The Morgan fingerprint density at radius 3 is 1.29 bits per heavy atom. The van der Waals surface area contributed by atoms with Crippen molar-refractivity contribution in [2.45, 2.75) is 50.9 Å². The van der Waals surface area contributed by atoms with Gasteiger partial charge in [0.25, 0.3) is 0 Å². The van der Waals surface area contributed by atoms with Gasteiger partial charge in [-0.2, -0.15) is 0 Å². The maximum atomic E-state index is 3.77. The first kappa shape index (κ1) is 21.0. The first-order valence-electron chi connectivity index (χ1n) is 10.8. The van der Waals surface area contributed by atoms with Crippen LogP contribution in [0.4, 0.5) is 0 Å². The van der Waals surface area contributed by atoms with Crippen molar-refractivity contribution in [1.82, 2.24) is 21.3 Å². The highest BCUT2D eigenvalue weighted by Gasteiger charge is 2.17.